The molecule has 0 aliphatic carbocycles. The van der Waals surface area contributed by atoms with Crippen LogP contribution in [-0.4, -0.2) is 34.3 Å². The van der Waals surface area contributed by atoms with E-state index in [1.54, 1.807) is 6.26 Å². The molecule has 1 N–H and O–H groups in total. The van der Waals surface area contributed by atoms with E-state index < -0.39 is 0 Å². The molecular formula is C14H18N2O4. The number of furan rings is 1. The van der Waals surface area contributed by atoms with Gasteiger partial charge in [0.2, 0.25) is 0 Å². The molecule has 0 saturated carbocycles. The lowest BCUT2D eigenvalue weighted by Crippen LogP contribution is -2.18. The first-order valence-corrected chi connectivity index (χ1v) is 6.54. The van der Waals surface area contributed by atoms with Gasteiger partial charge in [-0.25, -0.2) is 4.98 Å². The van der Waals surface area contributed by atoms with Gasteiger partial charge in [-0.2, -0.15) is 0 Å². The van der Waals surface area contributed by atoms with Crippen molar-refractivity contribution in [3.8, 4) is 0 Å². The highest BCUT2D eigenvalue weighted by Gasteiger charge is 2.20. The van der Waals surface area contributed by atoms with Crippen molar-refractivity contribution >= 4 is 6.47 Å². The lowest BCUT2D eigenvalue weighted by atomic mass is 9.99. The quantitative estimate of drug-likeness (QED) is 0.870. The van der Waals surface area contributed by atoms with E-state index in [-0.39, 0.29) is 6.47 Å². The van der Waals surface area contributed by atoms with Crippen LogP contribution in [0.25, 0.3) is 0 Å². The van der Waals surface area contributed by atoms with Crippen LogP contribution in [0.5, 0.6) is 0 Å². The van der Waals surface area contributed by atoms with Crippen LogP contribution in [-0.2, 0) is 16.1 Å². The molecule has 0 spiro atoms. The molecule has 1 fully saturated rings. The average molecular weight is 278 g/mol. The molecule has 2 aromatic rings. The second-order valence-corrected chi connectivity index (χ2v) is 4.48. The number of rotatable bonds is 3. The monoisotopic (exact) mass is 278 g/mol. The summed E-state index contributed by atoms with van der Waals surface area (Å²) in [6.45, 7) is 2.20. The van der Waals surface area contributed by atoms with Crippen LogP contribution < -0.4 is 0 Å². The summed E-state index contributed by atoms with van der Waals surface area (Å²) < 4.78 is 12.9. The second kappa shape index (κ2) is 7.49. The summed E-state index contributed by atoms with van der Waals surface area (Å²) in [5.74, 6) is 2.65. The topological polar surface area (TPSA) is 77.5 Å². The Balaban J connectivity index is 0.000000452. The molecule has 6 nitrogen and oxygen atoms in total. The molecule has 0 unspecified atom stereocenters. The predicted octanol–water partition coefficient (Wildman–Crippen LogP) is 2.12. The fourth-order valence-electron chi connectivity index (χ4n) is 2.34. The molecule has 6 heteroatoms. The van der Waals surface area contributed by atoms with Crippen LogP contribution >= 0.6 is 0 Å². The van der Waals surface area contributed by atoms with Gasteiger partial charge in [0.15, 0.2) is 0 Å². The highest BCUT2D eigenvalue weighted by Crippen LogP contribution is 2.25. The SMILES string of the molecule is O=CO.c1coc(Cn2ccnc2C2CCOCC2)c1. The Morgan fingerprint density at radius 3 is 2.85 bits per heavy atom. The Bertz CT molecular complexity index is 501. The van der Waals surface area contributed by atoms with Gasteiger partial charge in [0.25, 0.3) is 6.47 Å². The van der Waals surface area contributed by atoms with E-state index in [4.69, 9.17) is 19.1 Å². The first-order valence-electron chi connectivity index (χ1n) is 6.54. The van der Waals surface area contributed by atoms with Gasteiger partial charge in [-0.05, 0) is 25.0 Å². The number of hydrogen-bond donors (Lipinski definition) is 1. The third-order valence-corrected chi connectivity index (χ3v) is 3.24. The number of ether oxygens (including phenoxy) is 1. The maximum absolute atomic E-state index is 8.36. The second-order valence-electron chi connectivity index (χ2n) is 4.48. The molecule has 1 aliphatic rings. The van der Waals surface area contributed by atoms with Crippen LogP contribution in [0.2, 0.25) is 0 Å². The minimum atomic E-state index is -0.250. The number of nitrogens with zero attached hydrogens (tertiary/aromatic N) is 2. The summed E-state index contributed by atoms with van der Waals surface area (Å²) in [6.07, 6.45) is 7.73. The van der Waals surface area contributed by atoms with Crippen molar-refractivity contribution in [3.05, 3.63) is 42.4 Å². The molecule has 0 bridgehead atoms. The Hall–Kier alpha value is -2.08. The van der Waals surface area contributed by atoms with Crippen molar-refractivity contribution in [3.63, 3.8) is 0 Å². The lowest BCUT2D eigenvalue weighted by molar-refractivity contribution is -0.122. The van der Waals surface area contributed by atoms with E-state index in [1.807, 2.05) is 24.5 Å². The van der Waals surface area contributed by atoms with E-state index >= 15 is 0 Å². The molecule has 20 heavy (non-hydrogen) atoms. The van der Waals surface area contributed by atoms with Crippen molar-refractivity contribution in [1.82, 2.24) is 9.55 Å². The average Bonchev–Trinajstić information content (AvgIpc) is 3.13. The standard InChI is InChI=1S/C13H16N2O2.CH2O2/c1-2-12(17-7-1)10-15-6-5-14-13(15)11-3-8-16-9-4-11;2-1-3/h1-2,5-7,11H,3-4,8-10H2;1H,(H,2,3). The van der Waals surface area contributed by atoms with Crippen LogP contribution in [0.1, 0.15) is 30.3 Å². The van der Waals surface area contributed by atoms with Crippen molar-refractivity contribution < 1.29 is 19.1 Å². The largest absolute Gasteiger partial charge is 0.483 e. The lowest BCUT2D eigenvalue weighted by Gasteiger charge is -2.22. The first kappa shape index (κ1) is 14.3. The maximum atomic E-state index is 8.36. The Kier molecular flexibility index (Phi) is 5.37. The van der Waals surface area contributed by atoms with Crippen LogP contribution in [0.15, 0.2) is 35.2 Å². The van der Waals surface area contributed by atoms with Crippen molar-refractivity contribution in [1.29, 1.82) is 0 Å². The maximum Gasteiger partial charge on any atom is 0.290 e. The van der Waals surface area contributed by atoms with Gasteiger partial charge >= 0.3 is 0 Å². The third kappa shape index (κ3) is 3.71. The minimum Gasteiger partial charge on any atom is -0.483 e. The molecule has 1 aliphatic heterocycles. The van der Waals surface area contributed by atoms with Gasteiger partial charge in [0.1, 0.15) is 11.6 Å². The number of carbonyl (C=O) groups is 1. The zero-order valence-corrected chi connectivity index (χ0v) is 11.1. The van der Waals surface area contributed by atoms with Crippen LogP contribution in [0.4, 0.5) is 0 Å². The molecule has 0 aromatic carbocycles. The first-order chi connectivity index (χ1) is 9.85. The van der Waals surface area contributed by atoms with E-state index in [0.29, 0.717) is 5.92 Å². The number of imidazole rings is 1. The van der Waals surface area contributed by atoms with Gasteiger partial charge < -0.3 is 18.8 Å². The summed E-state index contributed by atoms with van der Waals surface area (Å²) in [7, 11) is 0. The van der Waals surface area contributed by atoms with Gasteiger partial charge in [-0.3, -0.25) is 4.79 Å². The molecule has 3 heterocycles. The summed E-state index contributed by atoms with van der Waals surface area (Å²) in [5.41, 5.74) is 0. The van der Waals surface area contributed by atoms with E-state index in [1.165, 1.54) is 0 Å². The fourth-order valence-corrected chi connectivity index (χ4v) is 2.34. The van der Waals surface area contributed by atoms with Gasteiger partial charge in [-0.15, -0.1) is 0 Å². The summed E-state index contributed by atoms with van der Waals surface area (Å²) >= 11 is 0. The predicted molar refractivity (Wildman–Crippen MR) is 71.5 cm³/mol. The normalized spacial score (nSPS) is 15.4. The van der Waals surface area contributed by atoms with Crippen molar-refractivity contribution in [2.24, 2.45) is 0 Å². The molecule has 0 radical (unpaired) electrons. The van der Waals surface area contributed by atoms with E-state index in [0.717, 1.165) is 44.2 Å². The molecule has 3 rings (SSSR count). The highest BCUT2D eigenvalue weighted by atomic mass is 16.5. The Morgan fingerprint density at radius 1 is 1.45 bits per heavy atom. The van der Waals surface area contributed by atoms with Crippen molar-refractivity contribution in [2.75, 3.05) is 13.2 Å². The molecule has 0 amide bonds. The third-order valence-electron chi connectivity index (χ3n) is 3.24. The molecular weight excluding hydrogens is 260 g/mol. The van der Waals surface area contributed by atoms with E-state index in [9.17, 15) is 0 Å². The number of carboxylic acid groups (broad SMARTS) is 1. The van der Waals surface area contributed by atoms with Gasteiger partial charge in [-0.1, -0.05) is 0 Å². The molecule has 2 aromatic heterocycles. The Labute approximate surface area is 117 Å². The molecule has 1 saturated heterocycles. The smallest absolute Gasteiger partial charge is 0.290 e. The molecule has 108 valence electrons. The van der Waals surface area contributed by atoms with Gasteiger partial charge in [0.05, 0.1) is 12.8 Å². The van der Waals surface area contributed by atoms with Crippen molar-refractivity contribution in [2.45, 2.75) is 25.3 Å². The highest BCUT2D eigenvalue weighted by molar-refractivity contribution is 5.32. The van der Waals surface area contributed by atoms with Crippen LogP contribution in [0.3, 0.4) is 0 Å². The number of hydrogen-bond acceptors (Lipinski definition) is 4. The zero-order valence-electron chi connectivity index (χ0n) is 11.1. The summed E-state index contributed by atoms with van der Waals surface area (Å²) in [5, 5.41) is 6.89. The minimum absolute atomic E-state index is 0.250. The summed E-state index contributed by atoms with van der Waals surface area (Å²) in [4.78, 5) is 12.8. The van der Waals surface area contributed by atoms with E-state index in [2.05, 4.69) is 9.55 Å². The van der Waals surface area contributed by atoms with Crippen LogP contribution in [0, 0.1) is 0 Å². The molecule has 0 atom stereocenters. The Morgan fingerprint density at radius 2 is 2.20 bits per heavy atom. The zero-order chi connectivity index (χ0) is 14.2. The summed E-state index contributed by atoms with van der Waals surface area (Å²) in [6, 6.07) is 3.91. The number of aromatic nitrogens is 2. The fraction of sp³-hybridized carbons (Fsp3) is 0.429. The van der Waals surface area contributed by atoms with Gasteiger partial charge in [0, 0.05) is 31.5 Å².